The highest BCUT2D eigenvalue weighted by atomic mass is 33.1. The Morgan fingerprint density at radius 2 is 0.773 bits per heavy atom. The van der Waals surface area contributed by atoms with Crippen LogP contribution < -0.4 is 0 Å². The van der Waals surface area contributed by atoms with Gasteiger partial charge in [-0.05, 0) is 24.7 Å². The predicted molar refractivity (Wildman–Crippen MR) is 110 cm³/mol. The summed E-state index contributed by atoms with van der Waals surface area (Å²) in [5.74, 6) is 4.51. The van der Waals surface area contributed by atoms with Gasteiger partial charge in [-0.15, -0.1) is 0 Å². The summed E-state index contributed by atoms with van der Waals surface area (Å²) >= 11 is 0. The van der Waals surface area contributed by atoms with Crippen molar-refractivity contribution < 1.29 is 0 Å². The fourth-order valence-corrected chi connectivity index (χ4v) is 4.90. The quantitative estimate of drug-likeness (QED) is 0.192. The van der Waals surface area contributed by atoms with Crippen LogP contribution >= 0.6 is 21.6 Å². The third-order valence-electron chi connectivity index (χ3n) is 4.10. The lowest BCUT2D eigenvalue weighted by atomic mass is 10.0. The molecule has 0 aromatic heterocycles. The summed E-state index contributed by atoms with van der Waals surface area (Å²) in [6.07, 6.45) is 17.3. The third kappa shape index (κ3) is 20.7. The summed E-state index contributed by atoms with van der Waals surface area (Å²) in [5, 5.41) is 0. The average Bonchev–Trinajstić information content (AvgIpc) is 2.46. The summed E-state index contributed by atoms with van der Waals surface area (Å²) in [5.41, 5.74) is 0. The van der Waals surface area contributed by atoms with E-state index in [4.69, 9.17) is 0 Å². The Bertz CT molecular complexity index is 180. The molecule has 0 unspecified atom stereocenters. The van der Waals surface area contributed by atoms with Crippen molar-refractivity contribution in [2.75, 3.05) is 11.5 Å². The van der Waals surface area contributed by atoms with Gasteiger partial charge in [0.15, 0.2) is 0 Å². The molecule has 0 rings (SSSR count). The van der Waals surface area contributed by atoms with Gasteiger partial charge in [0.2, 0.25) is 0 Å². The van der Waals surface area contributed by atoms with Crippen LogP contribution in [0, 0.1) is 11.8 Å². The molecule has 0 aliphatic heterocycles. The molecule has 0 N–H and O–H groups in total. The van der Waals surface area contributed by atoms with E-state index in [1.54, 1.807) is 0 Å². The third-order valence-corrected chi connectivity index (χ3v) is 6.68. The van der Waals surface area contributed by atoms with Gasteiger partial charge in [0.1, 0.15) is 0 Å². The molecule has 0 saturated carbocycles. The van der Waals surface area contributed by atoms with Gasteiger partial charge in [0.25, 0.3) is 0 Å². The van der Waals surface area contributed by atoms with Crippen LogP contribution in [-0.4, -0.2) is 11.5 Å². The van der Waals surface area contributed by atoms with Gasteiger partial charge in [-0.3, -0.25) is 0 Å². The first-order valence-electron chi connectivity index (χ1n) is 9.87. The van der Waals surface area contributed by atoms with Crippen molar-refractivity contribution in [2.24, 2.45) is 11.8 Å². The van der Waals surface area contributed by atoms with E-state index in [1.807, 2.05) is 0 Å². The molecular weight excluding hydrogens is 304 g/mol. The molecule has 0 radical (unpaired) electrons. The Morgan fingerprint density at radius 1 is 0.455 bits per heavy atom. The van der Waals surface area contributed by atoms with Gasteiger partial charge in [0, 0.05) is 11.5 Å². The molecule has 22 heavy (non-hydrogen) atoms. The summed E-state index contributed by atoms with van der Waals surface area (Å²) < 4.78 is 0. The normalized spacial score (nSPS) is 11.7. The summed E-state index contributed by atoms with van der Waals surface area (Å²) in [4.78, 5) is 0. The van der Waals surface area contributed by atoms with Crippen molar-refractivity contribution in [1.82, 2.24) is 0 Å². The fraction of sp³-hybridized carbons (Fsp3) is 1.00. The largest absolute Gasteiger partial charge is 0.0942 e. The molecule has 0 aliphatic carbocycles. The molecule has 0 aromatic carbocycles. The zero-order chi connectivity index (χ0) is 16.5. The summed E-state index contributed by atoms with van der Waals surface area (Å²) in [6, 6.07) is 0. The van der Waals surface area contributed by atoms with E-state index >= 15 is 0 Å². The molecule has 0 fully saturated rings. The highest BCUT2D eigenvalue weighted by Gasteiger charge is 1.97. The second-order valence-corrected chi connectivity index (χ2v) is 10.2. The van der Waals surface area contributed by atoms with E-state index in [2.05, 4.69) is 49.3 Å². The number of hydrogen-bond acceptors (Lipinski definition) is 2. The van der Waals surface area contributed by atoms with Crippen LogP contribution in [0.15, 0.2) is 0 Å². The fourth-order valence-electron chi connectivity index (χ4n) is 2.61. The first-order valence-corrected chi connectivity index (χ1v) is 12.4. The van der Waals surface area contributed by atoms with Crippen molar-refractivity contribution in [1.29, 1.82) is 0 Å². The monoisotopic (exact) mass is 346 g/mol. The Labute approximate surface area is 149 Å². The highest BCUT2D eigenvalue weighted by molar-refractivity contribution is 8.76. The van der Waals surface area contributed by atoms with Crippen LogP contribution in [0.3, 0.4) is 0 Å². The lowest BCUT2D eigenvalue weighted by Gasteiger charge is -2.05. The van der Waals surface area contributed by atoms with Gasteiger partial charge < -0.3 is 0 Å². The predicted octanol–water partition coefficient (Wildman–Crippen LogP) is 8.36. The minimum atomic E-state index is 0.891. The lowest BCUT2D eigenvalue weighted by molar-refractivity contribution is 0.519. The maximum atomic E-state index is 2.33. The number of hydrogen-bond donors (Lipinski definition) is 0. The second kappa shape index (κ2) is 18.0. The second-order valence-electron chi connectivity index (χ2n) is 7.54. The van der Waals surface area contributed by atoms with Crippen LogP contribution in [0.2, 0.25) is 0 Å². The average molecular weight is 347 g/mol. The zero-order valence-electron chi connectivity index (χ0n) is 15.9. The van der Waals surface area contributed by atoms with Crippen LogP contribution in [0.1, 0.15) is 105 Å². The molecule has 0 heterocycles. The Kier molecular flexibility index (Phi) is 18.6. The molecular formula is C20H42S2. The number of rotatable bonds is 17. The summed E-state index contributed by atoms with van der Waals surface area (Å²) in [6.45, 7) is 9.33. The minimum absolute atomic E-state index is 0.891. The molecule has 0 spiro atoms. The molecule has 134 valence electrons. The van der Waals surface area contributed by atoms with Crippen molar-refractivity contribution in [3.05, 3.63) is 0 Å². The molecule has 2 heteroatoms. The van der Waals surface area contributed by atoms with E-state index < -0.39 is 0 Å². The molecule has 0 amide bonds. The van der Waals surface area contributed by atoms with Crippen molar-refractivity contribution >= 4 is 21.6 Å². The Balaban J connectivity index is 2.97. The first-order chi connectivity index (χ1) is 10.6. The van der Waals surface area contributed by atoms with Gasteiger partial charge in [-0.25, -0.2) is 0 Å². The molecule has 0 nitrogen and oxygen atoms in total. The molecule has 0 bridgehead atoms. The van der Waals surface area contributed by atoms with Gasteiger partial charge in [0.05, 0.1) is 0 Å². The molecule has 0 aliphatic rings. The van der Waals surface area contributed by atoms with Gasteiger partial charge in [-0.1, -0.05) is 113 Å². The Hall–Kier alpha value is 0.700. The summed E-state index contributed by atoms with van der Waals surface area (Å²) in [7, 11) is 4.22. The smallest absolute Gasteiger partial charge is 0.00369 e. The number of unbranched alkanes of at least 4 members (excludes halogenated alkanes) is 8. The van der Waals surface area contributed by atoms with E-state index in [-0.39, 0.29) is 0 Å². The topological polar surface area (TPSA) is 0 Å². The van der Waals surface area contributed by atoms with E-state index in [0.717, 1.165) is 11.8 Å². The lowest BCUT2D eigenvalue weighted by Crippen LogP contribution is -1.88. The van der Waals surface area contributed by atoms with Crippen molar-refractivity contribution in [3.8, 4) is 0 Å². The van der Waals surface area contributed by atoms with E-state index in [0.29, 0.717) is 0 Å². The molecule has 0 atom stereocenters. The van der Waals surface area contributed by atoms with Gasteiger partial charge in [-0.2, -0.15) is 0 Å². The van der Waals surface area contributed by atoms with Crippen LogP contribution in [-0.2, 0) is 0 Å². The van der Waals surface area contributed by atoms with E-state index in [1.165, 1.54) is 88.6 Å². The van der Waals surface area contributed by atoms with Crippen LogP contribution in [0.4, 0.5) is 0 Å². The zero-order valence-corrected chi connectivity index (χ0v) is 17.5. The van der Waals surface area contributed by atoms with Crippen LogP contribution in [0.5, 0.6) is 0 Å². The van der Waals surface area contributed by atoms with Crippen molar-refractivity contribution in [3.63, 3.8) is 0 Å². The molecule has 0 saturated heterocycles. The van der Waals surface area contributed by atoms with Crippen molar-refractivity contribution in [2.45, 2.75) is 105 Å². The Morgan fingerprint density at radius 3 is 1.14 bits per heavy atom. The van der Waals surface area contributed by atoms with Crippen LogP contribution in [0.25, 0.3) is 0 Å². The van der Waals surface area contributed by atoms with E-state index in [9.17, 15) is 0 Å². The molecule has 0 aromatic rings. The highest BCUT2D eigenvalue weighted by Crippen LogP contribution is 2.25. The maximum Gasteiger partial charge on any atom is 0.00369 e. The SMILES string of the molecule is CC(C)CCCCCCCSSCCCCCCCC(C)C. The standard InChI is InChI=1S/C20H42S2/c1-19(2)15-11-7-5-9-13-17-21-22-18-14-10-6-8-12-16-20(3)4/h19-20H,5-18H2,1-4H3. The first kappa shape index (κ1) is 22.7. The maximum absolute atomic E-state index is 2.33. The van der Waals surface area contributed by atoms with Gasteiger partial charge >= 0.3 is 0 Å². The minimum Gasteiger partial charge on any atom is -0.0942 e.